The van der Waals surface area contributed by atoms with Crippen LogP contribution in [0.5, 0.6) is 0 Å². The SMILES string of the molecule is CC(=O)N(c1ccc(NC(=O)NC2CCCCC2)cc1)C1CCOCC1. The van der Waals surface area contributed by atoms with Crippen molar-refractivity contribution in [3.05, 3.63) is 24.3 Å². The van der Waals surface area contributed by atoms with Crippen LogP contribution in [0, 0.1) is 0 Å². The van der Waals surface area contributed by atoms with Gasteiger partial charge in [-0.15, -0.1) is 0 Å². The standard InChI is InChI=1S/C20H29N3O3/c1-15(24)23(19-11-13-26-14-12-19)18-9-7-17(8-10-18)22-20(25)21-16-5-3-2-4-6-16/h7-10,16,19H,2-6,11-14H2,1H3,(H2,21,22,25). The molecular weight excluding hydrogens is 330 g/mol. The fourth-order valence-corrected chi connectivity index (χ4v) is 3.90. The van der Waals surface area contributed by atoms with Crippen molar-refractivity contribution >= 4 is 23.3 Å². The first-order valence-electron chi connectivity index (χ1n) is 9.68. The molecular formula is C20H29N3O3. The van der Waals surface area contributed by atoms with Crippen LogP contribution in [0.4, 0.5) is 16.2 Å². The van der Waals surface area contributed by atoms with Gasteiger partial charge in [0.15, 0.2) is 0 Å². The Morgan fingerprint density at radius 2 is 1.65 bits per heavy atom. The summed E-state index contributed by atoms with van der Waals surface area (Å²) in [4.78, 5) is 26.1. The molecule has 0 aromatic heterocycles. The van der Waals surface area contributed by atoms with Gasteiger partial charge in [0, 0.05) is 43.6 Å². The van der Waals surface area contributed by atoms with Crippen LogP contribution in [-0.2, 0) is 9.53 Å². The van der Waals surface area contributed by atoms with Gasteiger partial charge in [-0.2, -0.15) is 0 Å². The van der Waals surface area contributed by atoms with Gasteiger partial charge in [-0.1, -0.05) is 19.3 Å². The molecule has 1 aromatic carbocycles. The Balaban J connectivity index is 1.59. The molecule has 26 heavy (non-hydrogen) atoms. The highest BCUT2D eigenvalue weighted by Crippen LogP contribution is 2.25. The summed E-state index contributed by atoms with van der Waals surface area (Å²) in [5, 5.41) is 5.94. The van der Waals surface area contributed by atoms with Gasteiger partial charge in [0.1, 0.15) is 0 Å². The van der Waals surface area contributed by atoms with Gasteiger partial charge in [-0.25, -0.2) is 4.79 Å². The van der Waals surface area contributed by atoms with E-state index in [1.54, 1.807) is 6.92 Å². The highest BCUT2D eigenvalue weighted by atomic mass is 16.5. The Kier molecular flexibility index (Phi) is 6.50. The predicted molar refractivity (Wildman–Crippen MR) is 102 cm³/mol. The molecule has 2 N–H and O–H groups in total. The first kappa shape index (κ1) is 18.7. The summed E-state index contributed by atoms with van der Waals surface area (Å²) in [6, 6.07) is 7.80. The van der Waals surface area contributed by atoms with Crippen molar-refractivity contribution in [3.8, 4) is 0 Å². The molecule has 1 heterocycles. The molecule has 3 amide bonds. The largest absolute Gasteiger partial charge is 0.381 e. The minimum Gasteiger partial charge on any atom is -0.381 e. The Bertz CT molecular complexity index is 605. The third kappa shape index (κ3) is 4.97. The molecule has 1 aliphatic carbocycles. The van der Waals surface area contributed by atoms with E-state index < -0.39 is 0 Å². The summed E-state index contributed by atoms with van der Waals surface area (Å²) >= 11 is 0. The molecule has 3 rings (SSSR count). The monoisotopic (exact) mass is 359 g/mol. The van der Waals surface area contributed by atoms with Crippen molar-refractivity contribution in [1.82, 2.24) is 5.32 Å². The summed E-state index contributed by atoms with van der Waals surface area (Å²) in [5.74, 6) is 0.0349. The number of nitrogens with zero attached hydrogens (tertiary/aromatic N) is 1. The number of anilines is 2. The quantitative estimate of drug-likeness (QED) is 0.862. The van der Waals surface area contributed by atoms with Crippen molar-refractivity contribution in [1.29, 1.82) is 0 Å². The zero-order valence-electron chi connectivity index (χ0n) is 15.5. The van der Waals surface area contributed by atoms with Crippen molar-refractivity contribution in [2.24, 2.45) is 0 Å². The smallest absolute Gasteiger partial charge is 0.319 e. The van der Waals surface area contributed by atoms with Gasteiger partial charge in [-0.3, -0.25) is 4.79 Å². The van der Waals surface area contributed by atoms with Crippen molar-refractivity contribution in [2.75, 3.05) is 23.4 Å². The summed E-state index contributed by atoms with van der Waals surface area (Å²) in [6.45, 7) is 2.98. The van der Waals surface area contributed by atoms with Crippen LogP contribution in [0.25, 0.3) is 0 Å². The summed E-state index contributed by atoms with van der Waals surface area (Å²) in [6.07, 6.45) is 7.46. The van der Waals surface area contributed by atoms with E-state index in [0.717, 1.165) is 37.1 Å². The lowest BCUT2D eigenvalue weighted by Crippen LogP contribution is -2.42. The Morgan fingerprint density at radius 1 is 1.00 bits per heavy atom. The van der Waals surface area contributed by atoms with Gasteiger partial charge in [0.2, 0.25) is 5.91 Å². The van der Waals surface area contributed by atoms with Crippen LogP contribution >= 0.6 is 0 Å². The van der Waals surface area contributed by atoms with Gasteiger partial charge in [-0.05, 0) is 49.9 Å². The van der Waals surface area contributed by atoms with E-state index >= 15 is 0 Å². The lowest BCUT2D eigenvalue weighted by Gasteiger charge is -2.33. The Morgan fingerprint density at radius 3 is 2.27 bits per heavy atom. The maximum absolute atomic E-state index is 12.2. The van der Waals surface area contributed by atoms with Gasteiger partial charge >= 0.3 is 6.03 Å². The van der Waals surface area contributed by atoms with Crippen LogP contribution in [-0.4, -0.2) is 37.2 Å². The molecule has 6 heteroatoms. The molecule has 2 aliphatic rings. The fraction of sp³-hybridized carbons (Fsp3) is 0.600. The molecule has 6 nitrogen and oxygen atoms in total. The second-order valence-corrected chi connectivity index (χ2v) is 7.21. The second kappa shape index (κ2) is 9.03. The summed E-state index contributed by atoms with van der Waals surface area (Å²) < 4.78 is 5.40. The molecule has 1 saturated heterocycles. The zero-order valence-corrected chi connectivity index (χ0v) is 15.5. The molecule has 2 fully saturated rings. The van der Waals surface area contributed by atoms with Gasteiger partial charge in [0.05, 0.1) is 0 Å². The molecule has 0 radical (unpaired) electrons. The number of nitrogens with one attached hydrogen (secondary N) is 2. The first-order chi connectivity index (χ1) is 12.6. The molecule has 1 saturated carbocycles. The number of ether oxygens (including phenoxy) is 1. The van der Waals surface area contributed by atoms with Crippen molar-refractivity contribution in [2.45, 2.75) is 64.0 Å². The van der Waals surface area contributed by atoms with E-state index in [1.807, 2.05) is 29.2 Å². The van der Waals surface area contributed by atoms with Crippen LogP contribution in [0.2, 0.25) is 0 Å². The number of rotatable bonds is 4. The number of urea groups is 1. The predicted octanol–water partition coefficient (Wildman–Crippen LogP) is 3.67. The third-order valence-corrected chi connectivity index (χ3v) is 5.24. The molecule has 0 atom stereocenters. The number of carbonyl (C=O) groups is 2. The lowest BCUT2D eigenvalue weighted by molar-refractivity contribution is -0.117. The number of amides is 3. The highest BCUT2D eigenvalue weighted by Gasteiger charge is 2.25. The minimum atomic E-state index is -0.155. The average Bonchev–Trinajstić information content (AvgIpc) is 2.65. The molecule has 0 bridgehead atoms. The minimum absolute atomic E-state index is 0.0349. The van der Waals surface area contributed by atoms with E-state index in [-0.39, 0.29) is 24.0 Å². The van der Waals surface area contributed by atoms with Crippen LogP contribution < -0.4 is 15.5 Å². The zero-order chi connectivity index (χ0) is 18.4. The highest BCUT2D eigenvalue weighted by molar-refractivity contribution is 5.93. The van der Waals surface area contributed by atoms with Gasteiger partial charge < -0.3 is 20.3 Å². The summed E-state index contributed by atoms with van der Waals surface area (Å²) in [5.41, 5.74) is 1.60. The van der Waals surface area contributed by atoms with E-state index in [0.29, 0.717) is 13.2 Å². The lowest BCUT2D eigenvalue weighted by atomic mass is 9.96. The van der Waals surface area contributed by atoms with Crippen molar-refractivity contribution < 1.29 is 14.3 Å². The Hall–Kier alpha value is -2.08. The number of hydrogen-bond donors (Lipinski definition) is 2. The van der Waals surface area contributed by atoms with E-state index in [1.165, 1.54) is 19.3 Å². The number of benzene rings is 1. The van der Waals surface area contributed by atoms with E-state index in [9.17, 15) is 9.59 Å². The van der Waals surface area contributed by atoms with Crippen LogP contribution in [0.15, 0.2) is 24.3 Å². The second-order valence-electron chi connectivity index (χ2n) is 7.21. The van der Waals surface area contributed by atoms with Crippen LogP contribution in [0.1, 0.15) is 51.9 Å². The van der Waals surface area contributed by atoms with E-state index in [2.05, 4.69) is 10.6 Å². The average molecular weight is 359 g/mol. The van der Waals surface area contributed by atoms with E-state index in [4.69, 9.17) is 4.74 Å². The first-order valence-corrected chi connectivity index (χ1v) is 9.68. The third-order valence-electron chi connectivity index (χ3n) is 5.24. The molecule has 0 spiro atoms. The maximum Gasteiger partial charge on any atom is 0.319 e. The van der Waals surface area contributed by atoms with Crippen LogP contribution in [0.3, 0.4) is 0 Å². The molecule has 1 aliphatic heterocycles. The molecule has 0 unspecified atom stereocenters. The normalized spacial score (nSPS) is 19.0. The topological polar surface area (TPSA) is 70.7 Å². The van der Waals surface area contributed by atoms with Gasteiger partial charge in [0.25, 0.3) is 0 Å². The molecule has 1 aromatic rings. The summed E-state index contributed by atoms with van der Waals surface area (Å²) in [7, 11) is 0. The number of hydrogen-bond acceptors (Lipinski definition) is 3. The number of carbonyl (C=O) groups excluding carboxylic acids is 2. The fourth-order valence-electron chi connectivity index (χ4n) is 3.90. The molecule has 142 valence electrons. The Labute approximate surface area is 155 Å². The maximum atomic E-state index is 12.2. The van der Waals surface area contributed by atoms with Crippen molar-refractivity contribution in [3.63, 3.8) is 0 Å².